The Bertz CT molecular complexity index is 248. The number of nitrogens with one attached hydrogen (secondary N) is 1. The Morgan fingerprint density at radius 2 is 2.36 bits per heavy atom. The van der Waals surface area contributed by atoms with Gasteiger partial charge in [0.05, 0.1) is 12.7 Å². The zero-order chi connectivity index (χ0) is 10.2. The molecule has 0 aliphatic carbocycles. The van der Waals surface area contributed by atoms with Gasteiger partial charge in [0.25, 0.3) is 0 Å². The first kappa shape index (κ1) is 11.2. The van der Waals surface area contributed by atoms with Crippen LogP contribution >= 0.6 is 0 Å². The molecule has 0 atom stereocenters. The molecular formula is C10H18N2O2. The fourth-order valence-corrected chi connectivity index (χ4v) is 1.07. The molecule has 0 radical (unpaired) electrons. The van der Waals surface area contributed by atoms with Crippen LogP contribution in [-0.2, 0) is 17.9 Å². The van der Waals surface area contributed by atoms with E-state index in [1.54, 1.807) is 6.20 Å². The zero-order valence-electron chi connectivity index (χ0n) is 8.88. The molecule has 0 bridgehead atoms. The number of oxazole rings is 1. The molecule has 1 N–H and O–H groups in total. The molecule has 4 nitrogen and oxygen atoms in total. The van der Waals surface area contributed by atoms with Crippen LogP contribution in [0, 0.1) is 0 Å². The Morgan fingerprint density at radius 3 is 3.07 bits per heavy atom. The Kier molecular flexibility index (Phi) is 5.25. The average molecular weight is 198 g/mol. The lowest BCUT2D eigenvalue weighted by Crippen LogP contribution is -2.13. The second-order valence-corrected chi connectivity index (χ2v) is 3.03. The number of hydrogen-bond acceptors (Lipinski definition) is 4. The van der Waals surface area contributed by atoms with E-state index in [0.717, 1.165) is 24.6 Å². The van der Waals surface area contributed by atoms with Crippen molar-refractivity contribution in [1.29, 1.82) is 0 Å². The van der Waals surface area contributed by atoms with Crippen LogP contribution in [0.5, 0.6) is 0 Å². The van der Waals surface area contributed by atoms with Crippen LogP contribution in [0.15, 0.2) is 10.6 Å². The predicted molar refractivity (Wildman–Crippen MR) is 53.8 cm³/mol. The molecule has 1 rings (SSSR count). The highest BCUT2D eigenvalue weighted by molar-refractivity contribution is 4.92. The minimum atomic E-state index is 0.511. The number of nitrogens with zero attached hydrogens (tertiary/aromatic N) is 1. The Balaban J connectivity index is 2.27. The van der Waals surface area contributed by atoms with Gasteiger partial charge >= 0.3 is 0 Å². The van der Waals surface area contributed by atoms with Crippen LogP contribution in [0.4, 0.5) is 0 Å². The topological polar surface area (TPSA) is 47.3 Å². The second-order valence-electron chi connectivity index (χ2n) is 3.03. The van der Waals surface area contributed by atoms with Crippen LogP contribution in [0.2, 0.25) is 0 Å². The molecular weight excluding hydrogens is 180 g/mol. The van der Waals surface area contributed by atoms with Crippen LogP contribution in [0.3, 0.4) is 0 Å². The molecule has 0 unspecified atom stereocenters. The lowest BCUT2D eigenvalue weighted by molar-refractivity contribution is 0.117. The van der Waals surface area contributed by atoms with Gasteiger partial charge in [-0.15, -0.1) is 0 Å². The third-order valence-corrected chi connectivity index (χ3v) is 1.75. The third-order valence-electron chi connectivity index (χ3n) is 1.75. The van der Waals surface area contributed by atoms with Crippen molar-refractivity contribution < 1.29 is 9.15 Å². The van der Waals surface area contributed by atoms with Gasteiger partial charge < -0.3 is 14.5 Å². The fourth-order valence-electron chi connectivity index (χ4n) is 1.07. The summed E-state index contributed by atoms with van der Waals surface area (Å²) >= 11 is 0. The van der Waals surface area contributed by atoms with Crippen LogP contribution in [-0.4, -0.2) is 18.1 Å². The Labute approximate surface area is 84.7 Å². The molecule has 0 aliphatic heterocycles. The van der Waals surface area contributed by atoms with Crippen molar-refractivity contribution in [2.45, 2.75) is 33.4 Å². The summed E-state index contributed by atoms with van der Waals surface area (Å²) in [6, 6.07) is 0. The van der Waals surface area contributed by atoms with Crippen LogP contribution < -0.4 is 5.32 Å². The van der Waals surface area contributed by atoms with Gasteiger partial charge in [0.2, 0.25) is 5.89 Å². The standard InChI is InChI=1S/C10H18N2O2/c1-3-5-11-7-10-12-6-9(14-10)8-13-4-2/h6,11H,3-5,7-8H2,1-2H3. The smallest absolute Gasteiger partial charge is 0.208 e. The summed E-state index contributed by atoms with van der Waals surface area (Å²) in [6.07, 6.45) is 2.84. The van der Waals surface area contributed by atoms with Gasteiger partial charge in [0, 0.05) is 6.61 Å². The van der Waals surface area contributed by atoms with E-state index in [1.165, 1.54) is 0 Å². The molecule has 1 aromatic rings. The van der Waals surface area contributed by atoms with Crippen molar-refractivity contribution in [2.24, 2.45) is 0 Å². The molecule has 14 heavy (non-hydrogen) atoms. The third kappa shape index (κ3) is 3.89. The first-order valence-electron chi connectivity index (χ1n) is 5.08. The van der Waals surface area contributed by atoms with E-state index >= 15 is 0 Å². The highest BCUT2D eigenvalue weighted by Gasteiger charge is 2.02. The summed E-state index contributed by atoms with van der Waals surface area (Å²) in [7, 11) is 0. The lowest BCUT2D eigenvalue weighted by Gasteiger charge is -1.98. The maximum absolute atomic E-state index is 5.43. The summed E-state index contributed by atoms with van der Waals surface area (Å²) < 4.78 is 10.6. The average Bonchev–Trinajstić information content (AvgIpc) is 2.63. The minimum Gasteiger partial charge on any atom is -0.442 e. The van der Waals surface area contributed by atoms with E-state index in [1.807, 2.05) is 6.92 Å². The molecule has 0 fully saturated rings. The van der Waals surface area contributed by atoms with E-state index in [-0.39, 0.29) is 0 Å². The monoisotopic (exact) mass is 198 g/mol. The molecule has 0 saturated carbocycles. The summed E-state index contributed by atoms with van der Waals surface area (Å²) in [4.78, 5) is 4.13. The van der Waals surface area contributed by atoms with Gasteiger partial charge in [-0.25, -0.2) is 4.98 Å². The van der Waals surface area contributed by atoms with Crippen molar-refractivity contribution in [3.8, 4) is 0 Å². The van der Waals surface area contributed by atoms with Crippen LogP contribution in [0.25, 0.3) is 0 Å². The SMILES string of the molecule is CCCNCc1ncc(COCC)o1. The number of rotatable bonds is 7. The van der Waals surface area contributed by atoms with Crippen molar-refractivity contribution in [2.75, 3.05) is 13.2 Å². The van der Waals surface area contributed by atoms with E-state index in [2.05, 4.69) is 17.2 Å². The highest BCUT2D eigenvalue weighted by atomic mass is 16.5. The predicted octanol–water partition coefficient (Wildman–Crippen LogP) is 1.71. The Morgan fingerprint density at radius 1 is 1.50 bits per heavy atom. The molecule has 0 amide bonds. The van der Waals surface area contributed by atoms with Gasteiger partial charge in [0.1, 0.15) is 12.4 Å². The first-order valence-corrected chi connectivity index (χ1v) is 5.08. The lowest BCUT2D eigenvalue weighted by atomic mass is 10.5. The van der Waals surface area contributed by atoms with Crippen LogP contribution in [0.1, 0.15) is 31.9 Å². The zero-order valence-corrected chi connectivity index (χ0v) is 8.88. The summed E-state index contributed by atoms with van der Waals surface area (Å²) in [5.41, 5.74) is 0. The summed E-state index contributed by atoms with van der Waals surface area (Å²) in [5, 5.41) is 3.22. The fraction of sp³-hybridized carbons (Fsp3) is 0.700. The minimum absolute atomic E-state index is 0.511. The summed E-state index contributed by atoms with van der Waals surface area (Å²) in [6.45, 7) is 6.98. The second kappa shape index (κ2) is 6.56. The van der Waals surface area contributed by atoms with Crippen molar-refractivity contribution >= 4 is 0 Å². The van der Waals surface area contributed by atoms with Gasteiger partial charge in [-0.2, -0.15) is 0 Å². The molecule has 0 aromatic carbocycles. The maximum Gasteiger partial charge on any atom is 0.208 e. The van der Waals surface area contributed by atoms with Gasteiger partial charge in [-0.3, -0.25) is 0 Å². The van der Waals surface area contributed by atoms with Gasteiger partial charge in [-0.05, 0) is 19.9 Å². The largest absolute Gasteiger partial charge is 0.442 e. The molecule has 1 heterocycles. The van der Waals surface area contributed by atoms with Gasteiger partial charge in [0.15, 0.2) is 0 Å². The van der Waals surface area contributed by atoms with E-state index in [4.69, 9.17) is 9.15 Å². The number of aromatic nitrogens is 1. The van der Waals surface area contributed by atoms with Crippen molar-refractivity contribution in [3.63, 3.8) is 0 Å². The molecule has 4 heteroatoms. The maximum atomic E-state index is 5.43. The van der Waals surface area contributed by atoms with E-state index in [9.17, 15) is 0 Å². The molecule has 0 aliphatic rings. The summed E-state index contributed by atoms with van der Waals surface area (Å²) in [5.74, 6) is 1.52. The molecule has 80 valence electrons. The first-order chi connectivity index (χ1) is 6.86. The van der Waals surface area contributed by atoms with E-state index in [0.29, 0.717) is 19.8 Å². The number of hydrogen-bond donors (Lipinski definition) is 1. The van der Waals surface area contributed by atoms with E-state index < -0.39 is 0 Å². The quantitative estimate of drug-likeness (QED) is 0.677. The number of ether oxygens (including phenoxy) is 1. The molecule has 1 aromatic heterocycles. The normalized spacial score (nSPS) is 10.7. The molecule has 0 saturated heterocycles. The van der Waals surface area contributed by atoms with Crippen molar-refractivity contribution in [3.05, 3.63) is 17.8 Å². The highest BCUT2D eigenvalue weighted by Crippen LogP contribution is 2.04. The van der Waals surface area contributed by atoms with Crippen molar-refractivity contribution in [1.82, 2.24) is 10.3 Å². The molecule has 0 spiro atoms. The van der Waals surface area contributed by atoms with Gasteiger partial charge in [-0.1, -0.05) is 6.92 Å². The Hall–Kier alpha value is -0.870.